The first-order valence-corrected chi connectivity index (χ1v) is 9.61. The number of aliphatic hydroxyl groups is 1. The maximum Gasteiger partial charge on any atom is 1.00 e. The van der Waals surface area contributed by atoms with Crippen LogP contribution in [0.15, 0.2) is 10.6 Å². The van der Waals surface area contributed by atoms with Gasteiger partial charge in [-0.05, 0) is 13.3 Å². The molecule has 10 heteroatoms. The van der Waals surface area contributed by atoms with E-state index in [4.69, 9.17) is 0 Å². The second kappa shape index (κ2) is 8.42. The van der Waals surface area contributed by atoms with Gasteiger partial charge < -0.3 is 30.1 Å². The molecule has 8 nitrogen and oxygen atoms in total. The molecule has 2 fully saturated rings. The Morgan fingerprint density at radius 2 is 2.04 bits per heavy atom. The van der Waals surface area contributed by atoms with Crippen molar-refractivity contribution in [3.63, 3.8) is 0 Å². The van der Waals surface area contributed by atoms with Crippen molar-refractivity contribution in [2.75, 3.05) is 20.6 Å². The number of β-lactam (4-membered cyclic amide) rings is 1. The van der Waals surface area contributed by atoms with E-state index in [0.717, 1.165) is 0 Å². The Morgan fingerprint density at radius 1 is 1.41 bits per heavy atom. The molecule has 0 spiro atoms. The molecule has 0 saturated carbocycles. The topological polar surface area (TPSA) is 113 Å². The van der Waals surface area contributed by atoms with E-state index in [1.807, 2.05) is 6.92 Å². The Bertz CT molecular complexity index is 683. The first-order valence-electron chi connectivity index (χ1n) is 8.73. The van der Waals surface area contributed by atoms with Crippen LogP contribution in [0.4, 0.5) is 0 Å². The van der Waals surface area contributed by atoms with Crippen LogP contribution in [0.1, 0.15) is 20.3 Å². The minimum absolute atomic E-state index is 0. The molecule has 0 aliphatic carbocycles. The molecule has 2 saturated heterocycles. The van der Waals surface area contributed by atoms with Crippen LogP contribution in [-0.2, 0) is 14.4 Å². The number of carbonyl (C=O) groups is 3. The molecule has 144 valence electrons. The summed E-state index contributed by atoms with van der Waals surface area (Å²) in [4.78, 5) is 39.5. The molecule has 0 unspecified atom stereocenters. The van der Waals surface area contributed by atoms with Crippen LogP contribution in [0.25, 0.3) is 0 Å². The minimum Gasteiger partial charge on any atom is -0.543 e. The number of likely N-dealkylation sites (N-methyl/N-ethyl adjacent to an activating group) is 1. The van der Waals surface area contributed by atoms with Gasteiger partial charge in [0.1, 0.15) is 0 Å². The molecule has 0 aromatic rings. The molecule has 0 aromatic heterocycles. The van der Waals surface area contributed by atoms with Crippen molar-refractivity contribution < 1.29 is 54.2 Å². The van der Waals surface area contributed by atoms with Gasteiger partial charge in [-0.25, -0.2) is 0 Å². The third-order valence-corrected chi connectivity index (χ3v) is 6.94. The van der Waals surface area contributed by atoms with Crippen LogP contribution in [0, 0.1) is 11.8 Å². The number of nitrogens with one attached hydrogen (secondary N) is 1. The average molecular weight is 405 g/mol. The molecule has 27 heavy (non-hydrogen) atoms. The molecule has 0 bridgehead atoms. The fourth-order valence-electron chi connectivity index (χ4n) is 4.14. The van der Waals surface area contributed by atoms with Crippen LogP contribution < -0.4 is 40.0 Å². The normalized spacial score (nSPS) is 33.3. The number of thioether (sulfide) groups is 1. The maximum absolute atomic E-state index is 12.3. The largest absolute Gasteiger partial charge is 1.00 e. The Labute approximate surface area is 185 Å². The van der Waals surface area contributed by atoms with E-state index < -0.39 is 18.0 Å². The summed E-state index contributed by atoms with van der Waals surface area (Å²) in [7, 11) is 3.40. The van der Waals surface area contributed by atoms with Gasteiger partial charge in [0.25, 0.3) is 0 Å². The maximum atomic E-state index is 12.3. The molecule has 3 aliphatic rings. The second-order valence-corrected chi connectivity index (χ2v) is 8.77. The van der Waals surface area contributed by atoms with Crippen molar-refractivity contribution in [3.8, 4) is 0 Å². The van der Waals surface area contributed by atoms with Gasteiger partial charge in [0, 0.05) is 36.7 Å². The van der Waals surface area contributed by atoms with Crippen LogP contribution in [0.5, 0.6) is 0 Å². The smallest absolute Gasteiger partial charge is 0.543 e. The summed E-state index contributed by atoms with van der Waals surface area (Å²) < 4.78 is 0. The summed E-state index contributed by atoms with van der Waals surface area (Å²) in [6.07, 6.45) is -0.231. The molecule has 2 N–H and O–H groups in total. The van der Waals surface area contributed by atoms with E-state index in [0.29, 0.717) is 17.9 Å². The molecule has 0 aromatic carbocycles. The molecular weight excluding hydrogens is 381 g/mol. The van der Waals surface area contributed by atoms with Crippen molar-refractivity contribution in [1.29, 1.82) is 0 Å². The van der Waals surface area contributed by atoms with Crippen molar-refractivity contribution in [2.45, 2.75) is 43.7 Å². The molecule has 6 atom stereocenters. The Morgan fingerprint density at radius 3 is 2.56 bits per heavy atom. The van der Waals surface area contributed by atoms with E-state index in [2.05, 4.69) is 5.32 Å². The number of aliphatic carboxylic acids is 1. The van der Waals surface area contributed by atoms with Crippen molar-refractivity contribution in [2.24, 2.45) is 11.8 Å². The zero-order chi connectivity index (χ0) is 19.3. The first-order chi connectivity index (χ1) is 12.1. The van der Waals surface area contributed by atoms with Gasteiger partial charge in [-0.2, -0.15) is 0 Å². The van der Waals surface area contributed by atoms with Gasteiger partial charge >= 0.3 is 29.6 Å². The third-order valence-electron chi connectivity index (χ3n) is 5.42. The fraction of sp³-hybridized carbons (Fsp3) is 0.706. The average Bonchev–Trinajstić information content (AvgIpc) is 3.09. The fourth-order valence-corrected chi connectivity index (χ4v) is 5.62. The molecule has 0 radical (unpaired) electrons. The van der Waals surface area contributed by atoms with E-state index in [-0.39, 0.29) is 70.3 Å². The molecule has 3 heterocycles. The predicted octanol–water partition coefficient (Wildman–Crippen LogP) is -4.64. The van der Waals surface area contributed by atoms with Gasteiger partial charge in [-0.15, -0.1) is 11.8 Å². The van der Waals surface area contributed by atoms with Crippen LogP contribution in [0.2, 0.25) is 0 Å². The number of carbonyl (C=O) groups excluding carboxylic acids is 3. The third kappa shape index (κ3) is 3.82. The Balaban J connectivity index is 0.00000261. The zero-order valence-corrected chi connectivity index (χ0v) is 19.1. The van der Waals surface area contributed by atoms with Crippen molar-refractivity contribution in [3.05, 3.63) is 10.6 Å². The van der Waals surface area contributed by atoms with Gasteiger partial charge in [-0.1, -0.05) is 6.92 Å². The Hall–Kier alpha value is -0.580. The van der Waals surface area contributed by atoms with Gasteiger partial charge in [-0.3, -0.25) is 9.59 Å². The monoisotopic (exact) mass is 405 g/mol. The van der Waals surface area contributed by atoms with Crippen LogP contribution in [-0.4, -0.2) is 76.8 Å². The van der Waals surface area contributed by atoms with Crippen molar-refractivity contribution in [1.82, 2.24) is 15.1 Å². The van der Waals surface area contributed by atoms with Crippen LogP contribution >= 0.6 is 11.8 Å². The number of hydrogen-bond acceptors (Lipinski definition) is 7. The van der Waals surface area contributed by atoms with Crippen LogP contribution in [0.3, 0.4) is 0 Å². The van der Waals surface area contributed by atoms with E-state index in [9.17, 15) is 24.6 Å². The van der Waals surface area contributed by atoms with Gasteiger partial charge in [0.05, 0.1) is 35.8 Å². The summed E-state index contributed by atoms with van der Waals surface area (Å²) in [6.45, 7) is 4.02. The number of rotatable bonds is 5. The molecule has 3 rings (SSSR count). The number of hydrogen-bond donors (Lipinski definition) is 2. The summed E-state index contributed by atoms with van der Waals surface area (Å²) in [6, 6.07) is -0.624. The summed E-state index contributed by atoms with van der Waals surface area (Å²) >= 11 is 1.41. The molecular formula is C17H24N3NaO5S. The number of fused-ring (bicyclic) bond motifs is 1. The summed E-state index contributed by atoms with van der Waals surface area (Å²) in [5, 5.41) is 24.8. The van der Waals surface area contributed by atoms with Crippen molar-refractivity contribution >= 4 is 29.5 Å². The number of carboxylic acids is 1. The molecule has 2 amide bonds. The second-order valence-electron chi connectivity index (χ2n) is 7.42. The first kappa shape index (κ1) is 22.7. The SMILES string of the molecule is C[C@@H](O)[C@H]1C(=O)N2C(C(=O)[O-])=C(S[C@@H]3CN[C@H](C(=O)N(C)C)C3)[C@H](C)[C@H]12.[Na+]. The number of nitrogens with zero attached hydrogens (tertiary/aromatic N) is 2. The van der Waals surface area contributed by atoms with E-state index in [1.165, 1.54) is 21.6 Å². The van der Waals surface area contributed by atoms with Gasteiger partial charge in [0.2, 0.25) is 11.8 Å². The minimum atomic E-state index is -1.37. The predicted molar refractivity (Wildman–Crippen MR) is 93.5 cm³/mol. The Kier molecular flexibility index (Phi) is 7.08. The number of amides is 2. The van der Waals surface area contributed by atoms with E-state index in [1.54, 1.807) is 21.0 Å². The summed E-state index contributed by atoms with van der Waals surface area (Å²) in [5.41, 5.74) is -0.0724. The number of carboxylic acid groups (broad SMARTS) is 1. The number of aliphatic hydroxyl groups excluding tert-OH is 1. The van der Waals surface area contributed by atoms with Gasteiger partial charge in [0.15, 0.2) is 0 Å². The molecule has 3 aliphatic heterocycles. The quantitative estimate of drug-likeness (QED) is 0.349. The van der Waals surface area contributed by atoms with E-state index >= 15 is 0 Å². The zero-order valence-electron chi connectivity index (χ0n) is 16.3. The standard InChI is InChI=1S/C17H25N3O5S.Na/c1-7-12-11(8(2)21)16(23)20(12)13(17(24)25)14(7)26-9-5-10(18-6-9)15(22)19(3)4;/h7-12,18,21H,5-6H2,1-4H3,(H,24,25);/q;+1/p-1/t7-,8-,9+,10+,11-,12-;/m1./s1. The summed E-state index contributed by atoms with van der Waals surface area (Å²) in [5.74, 6) is -2.51.